The Balaban J connectivity index is 1.58. The molecule has 1 N–H and O–H groups in total. The van der Waals surface area contributed by atoms with E-state index >= 15 is 0 Å². The number of nitrogens with one attached hydrogen (secondary N) is 1. The number of anilines is 1. The first kappa shape index (κ1) is 18.4. The van der Waals surface area contributed by atoms with E-state index in [1.165, 1.54) is 11.8 Å². The van der Waals surface area contributed by atoms with Crippen molar-refractivity contribution < 1.29 is 9.59 Å². The minimum absolute atomic E-state index is 0.117. The van der Waals surface area contributed by atoms with Crippen LogP contribution in [0.25, 0.3) is 0 Å². The van der Waals surface area contributed by atoms with Crippen LogP contribution in [0.15, 0.2) is 58.5 Å². The highest BCUT2D eigenvalue weighted by molar-refractivity contribution is 8.14. The van der Waals surface area contributed by atoms with E-state index in [1.807, 2.05) is 67.3 Å². The number of carbonyl (C=O) groups excluding carboxylic acids is 2. The Morgan fingerprint density at radius 2 is 1.96 bits per heavy atom. The van der Waals surface area contributed by atoms with Crippen LogP contribution in [0.3, 0.4) is 0 Å². The maximum Gasteiger partial charge on any atom is 0.270 e. The number of fused-ring (bicyclic) bond motifs is 3. The van der Waals surface area contributed by atoms with Crippen molar-refractivity contribution in [2.45, 2.75) is 32.1 Å². The average molecular weight is 392 g/mol. The normalized spacial score (nSPS) is 18.8. The molecule has 142 valence electrons. The fourth-order valence-electron chi connectivity index (χ4n) is 3.17. The van der Waals surface area contributed by atoms with Crippen LogP contribution in [0.4, 0.5) is 11.4 Å². The number of rotatable bonds is 3. The summed E-state index contributed by atoms with van der Waals surface area (Å²) < 4.78 is 0. The van der Waals surface area contributed by atoms with Crippen LogP contribution >= 0.6 is 11.8 Å². The maximum atomic E-state index is 12.7. The Morgan fingerprint density at radius 1 is 1.18 bits per heavy atom. The second-order valence-electron chi connectivity index (χ2n) is 6.85. The lowest BCUT2D eigenvalue weighted by Gasteiger charge is -2.30. The molecule has 6 nitrogen and oxygen atoms in total. The molecule has 0 spiro atoms. The lowest BCUT2D eigenvalue weighted by Crippen LogP contribution is -2.43. The van der Waals surface area contributed by atoms with Gasteiger partial charge in [0.2, 0.25) is 5.91 Å². The molecule has 0 bridgehead atoms. The number of amides is 2. The molecule has 2 atom stereocenters. The molecule has 0 radical (unpaired) electrons. The smallest absolute Gasteiger partial charge is 0.270 e. The van der Waals surface area contributed by atoms with Crippen LogP contribution in [0, 0.1) is 6.92 Å². The zero-order valence-electron chi connectivity index (χ0n) is 15.8. The Morgan fingerprint density at radius 3 is 2.75 bits per heavy atom. The van der Waals surface area contributed by atoms with E-state index in [-0.39, 0.29) is 11.8 Å². The molecule has 0 fully saturated rings. The van der Waals surface area contributed by atoms with Crippen LogP contribution in [0.5, 0.6) is 0 Å². The molecule has 2 amide bonds. The van der Waals surface area contributed by atoms with Crippen molar-refractivity contribution in [2.75, 3.05) is 5.32 Å². The number of benzene rings is 2. The summed E-state index contributed by atoms with van der Waals surface area (Å²) >= 11 is 1.33. The van der Waals surface area contributed by atoms with E-state index in [0.29, 0.717) is 11.0 Å². The van der Waals surface area contributed by atoms with E-state index in [0.717, 1.165) is 22.5 Å². The van der Waals surface area contributed by atoms with Gasteiger partial charge < -0.3 is 5.32 Å². The summed E-state index contributed by atoms with van der Waals surface area (Å²) in [6.45, 7) is 5.62. The van der Waals surface area contributed by atoms with Gasteiger partial charge in [-0.25, -0.2) is 4.99 Å². The molecule has 28 heavy (non-hydrogen) atoms. The van der Waals surface area contributed by atoms with E-state index in [1.54, 1.807) is 6.92 Å². The van der Waals surface area contributed by atoms with E-state index in [4.69, 9.17) is 4.99 Å². The van der Waals surface area contributed by atoms with Crippen molar-refractivity contribution in [1.29, 1.82) is 0 Å². The number of amidine groups is 2. The number of para-hydroxylation sites is 1. The molecule has 2 unspecified atom stereocenters. The average Bonchev–Trinajstić information content (AvgIpc) is 2.97. The van der Waals surface area contributed by atoms with Gasteiger partial charge in [0.15, 0.2) is 5.17 Å². The summed E-state index contributed by atoms with van der Waals surface area (Å²) in [5, 5.41) is 3.16. The van der Waals surface area contributed by atoms with Gasteiger partial charge in [-0.15, -0.1) is 0 Å². The van der Waals surface area contributed by atoms with Crippen LogP contribution in [0.2, 0.25) is 0 Å². The van der Waals surface area contributed by atoms with Crippen molar-refractivity contribution in [3.8, 4) is 0 Å². The lowest BCUT2D eigenvalue weighted by molar-refractivity contribution is -0.119. The van der Waals surface area contributed by atoms with Crippen LogP contribution < -0.4 is 5.32 Å². The van der Waals surface area contributed by atoms with Crippen molar-refractivity contribution in [3.05, 3.63) is 59.7 Å². The number of thioether (sulfide) groups is 1. The largest absolute Gasteiger partial charge is 0.325 e. The molecule has 0 saturated heterocycles. The second-order valence-corrected chi connectivity index (χ2v) is 8.16. The third kappa shape index (κ3) is 3.33. The van der Waals surface area contributed by atoms with Gasteiger partial charge in [0.1, 0.15) is 11.9 Å². The highest BCUT2D eigenvalue weighted by atomic mass is 32.2. The fraction of sp³-hybridized carbons (Fsp3) is 0.238. The van der Waals surface area contributed by atoms with Gasteiger partial charge in [0, 0.05) is 11.3 Å². The molecule has 2 aromatic carbocycles. The summed E-state index contributed by atoms with van der Waals surface area (Å²) in [4.78, 5) is 35.6. The zero-order chi connectivity index (χ0) is 19.8. The van der Waals surface area contributed by atoms with Crippen molar-refractivity contribution in [1.82, 2.24) is 4.90 Å². The van der Waals surface area contributed by atoms with Gasteiger partial charge in [-0.2, -0.15) is 4.99 Å². The minimum Gasteiger partial charge on any atom is -0.325 e. The van der Waals surface area contributed by atoms with E-state index in [2.05, 4.69) is 10.3 Å². The first-order valence-electron chi connectivity index (χ1n) is 9.08. The summed E-state index contributed by atoms with van der Waals surface area (Å²) in [6.07, 6.45) is 0. The molecule has 7 heteroatoms. The quantitative estimate of drug-likeness (QED) is 0.864. The zero-order valence-corrected chi connectivity index (χ0v) is 16.7. The highest BCUT2D eigenvalue weighted by Crippen LogP contribution is 2.35. The predicted molar refractivity (Wildman–Crippen MR) is 113 cm³/mol. The number of aryl methyl sites for hydroxylation is 1. The Bertz CT molecular complexity index is 1030. The predicted octanol–water partition coefficient (Wildman–Crippen LogP) is 3.73. The molecule has 2 aliphatic heterocycles. The van der Waals surface area contributed by atoms with Crippen molar-refractivity contribution >= 4 is 46.0 Å². The number of aliphatic imine (C=N–C) groups is 2. The molecule has 0 aromatic heterocycles. The molecule has 0 saturated carbocycles. The topological polar surface area (TPSA) is 74.1 Å². The first-order valence-corrected chi connectivity index (χ1v) is 9.96. The molecule has 2 aliphatic rings. The number of carbonyl (C=O) groups is 2. The first-order chi connectivity index (χ1) is 13.4. The van der Waals surface area contributed by atoms with E-state index in [9.17, 15) is 9.59 Å². The summed E-state index contributed by atoms with van der Waals surface area (Å²) in [7, 11) is 0. The van der Waals surface area contributed by atoms with Gasteiger partial charge in [-0.05, 0) is 50.6 Å². The molecule has 0 aliphatic carbocycles. The van der Waals surface area contributed by atoms with Crippen LogP contribution in [0.1, 0.15) is 25.0 Å². The molecular weight excluding hydrogens is 372 g/mol. The van der Waals surface area contributed by atoms with Crippen molar-refractivity contribution in [2.24, 2.45) is 9.98 Å². The summed E-state index contributed by atoms with van der Waals surface area (Å²) in [5.74, 6) is 0.294. The molecule has 2 heterocycles. The monoisotopic (exact) mass is 392 g/mol. The van der Waals surface area contributed by atoms with Crippen LogP contribution in [-0.4, -0.2) is 39.0 Å². The van der Waals surface area contributed by atoms with Gasteiger partial charge in [-0.1, -0.05) is 36.0 Å². The summed E-state index contributed by atoms with van der Waals surface area (Å²) in [5.41, 5.74) is 3.44. The Hall–Kier alpha value is -2.93. The van der Waals surface area contributed by atoms with Gasteiger partial charge >= 0.3 is 0 Å². The summed E-state index contributed by atoms with van der Waals surface area (Å²) in [6, 6.07) is 14.8. The van der Waals surface area contributed by atoms with Gasteiger partial charge in [-0.3, -0.25) is 14.5 Å². The maximum absolute atomic E-state index is 12.7. The number of nitrogens with zero attached hydrogens (tertiary/aromatic N) is 3. The second kappa shape index (κ2) is 7.24. The molecule has 2 aromatic rings. The minimum atomic E-state index is -0.429. The standard InChI is InChI=1S/C21H20N4O2S/c1-12-7-6-8-15(11-12)22-20(27)14(3)28-21-23-17-10-5-4-9-16(17)18-24-19(26)13(2)25(18)21/h4-11,13-14H,1-3H3,(H,22,27). The van der Waals surface area contributed by atoms with E-state index < -0.39 is 11.3 Å². The van der Waals surface area contributed by atoms with Gasteiger partial charge in [0.25, 0.3) is 5.91 Å². The SMILES string of the molecule is Cc1cccc(NC(=O)C(C)SC2=Nc3ccccc3C3=NC(=O)C(C)N23)c1. The molecular formula is C21H20N4O2S. The Kier molecular flexibility index (Phi) is 4.77. The Labute approximate surface area is 167 Å². The van der Waals surface area contributed by atoms with Crippen LogP contribution in [-0.2, 0) is 9.59 Å². The van der Waals surface area contributed by atoms with Gasteiger partial charge in [0.05, 0.1) is 10.9 Å². The lowest BCUT2D eigenvalue weighted by atomic mass is 10.1. The van der Waals surface area contributed by atoms with Crippen molar-refractivity contribution in [3.63, 3.8) is 0 Å². The third-order valence-corrected chi connectivity index (χ3v) is 5.76. The molecule has 4 rings (SSSR count). The highest BCUT2D eigenvalue weighted by Gasteiger charge is 2.40. The number of hydrogen-bond donors (Lipinski definition) is 1. The fourth-order valence-corrected chi connectivity index (χ4v) is 4.16. The number of hydrogen-bond acceptors (Lipinski definition) is 5. The third-order valence-electron chi connectivity index (χ3n) is 4.69.